The van der Waals surface area contributed by atoms with Crippen LogP contribution in [0.2, 0.25) is 0 Å². The average Bonchev–Trinajstić information content (AvgIpc) is 2.43. The molecule has 0 bridgehead atoms. The largest absolute Gasteiger partial charge is 0.394 e. The molecule has 1 rings (SSSR count). The summed E-state index contributed by atoms with van der Waals surface area (Å²) in [6.45, 7) is 6.48. The smallest absolute Gasteiger partial charge is 0.356 e. The normalized spacial score (nSPS) is 13.6. The fourth-order valence-corrected chi connectivity index (χ4v) is 3.65. The first kappa shape index (κ1) is 20.7. The highest BCUT2D eigenvalue weighted by molar-refractivity contribution is 7.53. The van der Waals surface area contributed by atoms with Gasteiger partial charge in [0.15, 0.2) is 0 Å². The van der Waals surface area contributed by atoms with Gasteiger partial charge in [-0.1, -0.05) is 0 Å². The molecule has 0 aliphatic rings. The number of rotatable bonds is 10. The van der Waals surface area contributed by atoms with Crippen LogP contribution in [0.25, 0.3) is 0 Å². The van der Waals surface area contributed by atoms with E-state index in [0.717, 1.165) is 4.57 Å². The van der Waals surface area contributed by atoms with Gasteiger partial charge in [0.2, 0.25) is 5.95 Å². The van der Waals surface area contributed by atoms with Gasteiger partial charge in [-0.15, -0.1) is 0 Å². The van der Waals surface area contributed by atoms with Crippen LogP contribution in [0.15, 0.2) is 11.1 Å². The fourth-order valence-electron chi connectivity index (χ4n) is 1.80. The lowest BCUT2D eigenvalue weighted by Gasteiger charge is -2.24. The van der Waals surface area contributed by atoms with E-state index in [1.165, 1.54) is 6.33 Å². The van der Waals surface area contributed by atoms with E-state index in [2.05, 4.69) is 9.97 Å². The monoisotopic (exact) mass is 364 g/mol. The lowest BCUT2D eigenvalue weighted by molar-refractivity contribution is 0.00983. The van der Waals surface area contributed by atoms with E-state index in [1.54, 1.807) is 27.7 Å². The summed E-state index contributed by atoms with van der Waals surface area (Å²) >= 11 is 0. The van der Waals surface area contributed by atoms with Crippen molar-refractivity contribution in [2.75, 3.05) is 18.7 Å². The Morgan fingerprint density at radius 2 is 1.88 bits per heavy atom. The molecule has 1 heterocycles. The summed E-state index contributed by atoms with van der Waals surface area (Å²) in [6, 6.07) is 0. The van der Waals surface area contributed by atoms with E-state index in [1.807, 2.05) is 0 Å². The van der Waals surface area contributed by atoms with E-state index < -0.39 is 26.0 Å². The molecule has 0 unspecified atom stereocenters. The van der Waals surface area contributed by atoms with Gasteiger partial charge in [0.25, 0.3) is 0 Å². The lowest BCUT2D eigenvalue weighted by atomic mass is 10.4. The molecule has 0 aromatic carbocycles. The highest BCUT2D eigenvalue weighted by Crippen LogP contribution is 2.50. The molecule has 0 saturated heterocycles. The molecule has 1 atom stereocenters. The molecule has 1 aromatic heterocycles. The fraction of sp³-hybridized carbons (Fsp3) is 0.769. The molecule has 0 saturated carbocycles. The average molecular weight is 364 g/mol. The number of aromatic nitrogens is 3. The quantitative estimate of drug-likeness (QED) is 0.571. The number of hydrogen-bond acceptors (Lipinski definition) is 9. The van der Waals surface area contributed by atoms with Crippen molar-refractivity contribution >= 4 is 13.5 Å². The van der Waals surface area contributed by atoms with Crippen LogP contribution in [0, 0.1) is 0 Å². The van der Waals surface area contributed by atoms with Gasteiger partial charge in [0.1, 0.15) is 12.7 Å². The zero-order valence-corrected chi connectivity index (χ0v) is 15.2. The molecular formula is C13H25N4O6P. The number of nitrogen functional groups attached to an aromatic ring is 1. The van der Waals surface area contributed by atoms with Crippen molar-refractivity contribution in [3.63, 3.8) is 0 Å². The third kappa shape index (κ3) is 7.06. The summed E-state index contributed by atoms with van der Waals surface area (Å²) < 4.78 is 29.9. The second kappa shape index (κ2) is 9.24. The van der Waals surface area contributed by atoms with Crippen molar-refractivity contribution in [2.45, 2.75) is 52.6 Å². The van der Waals surface area contributed by atoms with Crippen LogP contribution < -0.4 is 11.4 Å². The summed E-state index contributed by atoms with van der Waals surface area (Å²) in [5, 5.41) is 9.42. The predicted molar refractivity (Wildman–Crippen MR) is 87.6 cm³/mol. The van der Waals surface area contributed by atoms with Crippen molar-refractivity contribution in [3.05, 3.63) is 16.8 Å². The summed E-state index contributed by atoms with van der Waals surface area (Å²) in [6.07, 6.45) is -0.599. The number of aliphatic hydroxyl groups excluding tert-OH is 1. The Hall–Kier alpha value is -1.32. The van der Waals surface area contributed by atoms with Crippen LogP contribution in [-0.4, -0.2) is 50.9 Å². The minimum absolute atomic E-state index is 0.0288. The van der Waals surface area contributed by atoms with Gasteiger partial charge < -0.3 is 24.6 Å². The van der Waals surface area contributed by atoms with Gasteiger partial charge in [0.05, 0.1) is 31.5 Å². The lowest BCUT2D eigenvalue weighted by Crippen LogP contribution is -2.33. The maximum atomic E-state index is 12.7. The minimum Gasteiger partial charge on any atom is -0.394 e. The maximum absolute atomic E-state index is 12.7. The zero-order valence-electron chi connectivity index (χ0n) is 14.3. The third-order valence-corrected chi connectivity index (χ3v) is 4.55. The molecule has 0 aliphatic carbocycles. The summed E-state index contributed by atoms with van der Waals surface area (Å²) in [4.78, 5) is 18.9. The van der Waals surface area contributed by atoms with Crippen LogP contribution in [-0.2, 0) is 24.9 Å². The Labute approximate surface area is 140 Å². The van der Waals surface area contributed by atoms with Crippen LogP contribution in [0.1, 0.15) is 27.7 Å². The Kier molecular flexibility index (Phi) is 7.98. The van der Waals surface area contributed by atoms with E-state index in [-0.39, 0.29) is 31.0 Å². The second-order valence-corrected chi connectivity index (χ2v) is 7.57. The van der Waals surface area contributed by atoms with Crippen LogP contribution in [0.3, 0.4) is 0 Å². The number of anilines is 1. The van der Waals surface area contributed by atoms with Crippen LogP contribution in [0.5, 0.6) is 0 Å². The molecule has 11 heteroatoms. The molecule has 3 N–H and O–H groups in total. The molecule has 0 aliphatic heterocycles. The molecule has 138 valence electrons. The summed E-state index contributed by atoms with van der Waals surface area (Å²) in [5.74, 6) is -0.141. The van der Waals surface area contributed by atoms with Crippen molar-refractivity contribution in [1.29, 1.82) is 0 Å². The highest BCUT2D eigenvalue weighted by atomic mass is 31.2. The molecule has 0 radical (unpaired) electrons. The minimum atomic E-state index is -3.50. The standard InChI is InChI=1S/C13H25N4O6P/c1-9(2)22-24(20,23-10(3)4)8-21-11(6-18)5-17-7-15-12(14)16-13(17)19/h7,9-11,18H,5-6,8H2,1-4H3,(H2,14,16,19)/t11-/m0/s1. The van der Waals surface area contributed by atoms with Crippen LogP contribution >= 0.6 is 7.60 Å². The molecule has 10 nitrogen and oxygen atoms in total. The van der Waals surface area contributed by atoms with Gasteiger partial charge >= 0.3 is 13.3 Å². The Balaban J connectivity index is 2.75. The Morgan fingerprint density at radius 1 is 1.29 bits per heavy atom. The maximum Gasteiger partial charge on any atom is 0.356 e. The molecular weight excluding hydrogens is 339 g/mol. The van der Waals surface area contributed by atoms with Gasteiger partial charge in [-0.25, -0.2) is 9.78 Å². The van der Waals surface area contributed by atoms with E-state index >= 15 is 0 Å². The SMILES string of the molecule is CC(C)OP(=O)(CO[C@H](CO)Cn1cnc(N)nc1=O)OC(C)C. The topological polar surface area (TPSA) is 139 Å². The van der Waals surface area contributed by atoms with Crippen molar-refractivity contribution in [3.8, 4) is 0 Å². The predicted octanol–water partition coefficient (Wildman–Crippen LogP) is 0.599. The first-order valence-electron chi connectivity index (χ1n) is 7.52. The highest BCUT2D eigenvalue weighted by Gasteiger charge is 2.29. The summed E-state index contributed by atoms with van der Waals surface area (Å²) in [5.41, 5.74) is 4.69. The molecule has 0 fully saturated rings. The van der Waals surface area contributed by atoms with E-state index in [9.17, 15) is 14.5 Å². The number of ether oxygens (including phenoxy) is 1. The number of aliphatic hydroxyl groups is 1. The van der Waals surface area contributed by atoms with E-state index in [4.69, 9.17) is 19.5 Å². The van der Waals surface area contributed by atoms with Crippen molar-refractivity contribution in [2.24, 2.45) is 0 Å². The van der Waals surface area contributed by atoms with E-state index in [0.29, 0.717) is 0 Å². The van der Waals surface area contributed by atoms with Gasteiger partial charge in [0, 0.05) is 0 Å². The Morgan fingerprint density at radius 3 is 2.33 bits per heavy atom. The number of nitrogens with two attached hydrogens (primary N) is 1. The van der Waals surface area contributed by atoms with Crippen molar-refractivity contribution in [1.82, 2.24) is 14.5 Å². The van der Waals surface area contributed by atoms with Crippen molar-refractivity contribution < 1.29 is 23.5 Å². The zero-order chi connectivity index (χ0) is 18.3. The van der Waals surface area contributed by atoms with Gasteiger partial charge in [-0.05, 0) is 27.7 Å². The molecule has 1 aromatic rings. The first-order chi connectivity index (χ1) is 11.1. The second-order valence-electron chi connectivity index (χ2n) is 5.67. The Bertz CT molecular complexity index is 607. The van der Waals surface area contributed by atoms with Crippen LogP contribution in [0.4, 0.5) is 5.95 Å². The van der Waals surface area contributed by atoms with Gasteiger partial charge in [-0.2, -0.15) is 4.98 Å². The van der Waals surface area contributed by atoms with Gasteiger partial charge in [-0.3, -0.25) is 9.13 Å². The molecule has 0 spiro atoms. The molecule has 24 heavy (non-hydrogen) atoms. The first-order valence-corrected chi connectivity index (χ1v) is 9.25. The summed E-state index contributed by atoms with van der Waals surface area (Å²) in [7, 11) is -3.50. The third-order valence-electron chi connectivity index (χ3n) is 2.60. The number of nitrogens with zero attached hydrogens (tertiary/aromatic N) is 3. The molecule has 0 amide bonds. The number of hydrogen-bond donors (Lipinski definition) is 2.